The van der Waals surface area contributed by atoms with Crippen molar-refractivity contribution in [2.24, 2.45) is 0 Å². The van der Waals surface area contributed by atoms with Crippen molar-refractivity contribution in [1.29, 1.82) is 0 Å². The summed E-state index contributed by atoms with van der Waals surface area (Å²) in [7, 11) is 3.97. The molecule has 5 heteroatoms. The molecule has 1 N–H and O–H groups in total. The van der Waals surface area contributed by atoms with E-state index in [1.807, 2.05) is 14.1 Å². The average Bonchev–Trinajstić information content (AvgIpc) is 2.57. The second kappa shape index (κ2) is 4.87. The van der Waals surface area contributed by atoms with Gasteiger partial charge in [-0.25, -0.2) is 4.79 Å². The summed E-state index contributed by atoms with van der Waals surface area (Å²) in [6.07, 6.45) is 0. The summed E-state index contributed by atoms with van der Waals surface area (Å²) in [4.78, 5) is 13.0. The summed E-state index contributed by atoms with van der Waals surface area (Å²) in [6.45, 7) is 7.71. The van der Waals surface area contributed by atoms with Crippen molar-refractivity contribution in [3.63, 3.8) is 0 Å². The van der Waals surface area contributed by atoms with Crippen LogP contribution in [-0.2, 0) is 12.0 Å². The molecule has 0 aliphatic heterocycles. The quantitative estimate of drug-likeness (QED) is 0.863. The van der Waals surface area contributed by atoms with Gasteiger partial charge in [-0.3, -0.25) is 4.68 Å². The normalized spacial score (nSPS) is 12.1. The number of hydrogen-bond donors (Lipinski definition) is 1. The van der Waals surface area contributed by atoms with Gasteiger partial charge < -0.3 is 10.0 Å². The summed E-state index contributed by atoms with van der Waals surface area (Å²) in [5.41, 5.74) is 0.970. The molecule has 0 radical (unpaired) electrons. The Balaban J connectivity index is 3.04. The van der Waals surface area contributed by atoms with Crippen LogP contribution in [0.2, 0.25) is 0 Å². The number of rotatable bonds is 4. The smallest absolute Gasteiger partial charge is 0.356 e. The van der Waals surface area contributed by atoms with Crippen LogP contribution in [0.3, 0.4) is 0 Å². The van der Waals surface area contributed by atoms with Crippen molar-refractivity contribution >= 4 is 5.97 Å². The van der Waals surface area contributed by atoms with Crippen LogP contribution in [-0.4, -0.2) is 46.4 Å². The molecule has 96 valence electrons. The molecule has 0 aromatic carbocycles. The molecule has 1 aromatic heterocycles. The molecule has 1 rings (SSSR count). The van der Waals surface area contributed by atoms with Crippen molar-refractivity contribution in [3.8, 4) is 0 Å². The maximum atomic E-state index is 10.9. The first-order valence-electron chi connectivity index (χ1n) is 5.68. The van der Waals surface area contributed by atoms with Gasteiger partial charge in [0.05, 0.1) is 6.54 Å². The van der Waals surface area contributed by atoms with Gasteiger partial charge in [0.2, 0.25) is 0 Å². The minimum atomic E-state index is -0.973. The molecular formula is C12H21N3O2. The molecule has 0 aliphatic carbocycles. The third-order valence-electron chi connectivity index (χ3n) is 2.53. The number of nitrogens with zero attached hydrogens (tertiary/aromatic N) is 3. The van der Waals surface area contributed by atoms with E-state index in [0.29, 0.717) is 6.54 Å². The molecule has 0 atom stereocenters. The van der Waals surface area contributed by atoms with Crippen LogP contribution in [0, 0.1) is 0 Å². The van der Waals surface area contributed by atoms with Gasteiger partial charge in [0.25, 0.3) is 0 Å². The predicted molar refractivity (Wildman–Crippen MR) is 66.4 cm³/mol. The lowest BCUT2D eigenvalue weighted by Gasteiger charge is -2.21. The van der Waals surface area contributed by atoms with E-state index < -0.39 is 5.97 Å². The maximum Gasteiger partial charge on any atom is 0.356 e. The Morgan fingerprint density at radius 2 is 2.06 bits per heavy atom. The van der Waals surface area contributed by atoms with E-state index in [4.69, 9.17) is 5.11 Å². The van der Waals surface area contributed by atoms with Gasteiger partial charge in [0.1, 0.15) is 0 Å². The lowest BCUT2D eigenvalue weighted by atomic mass is 9.92. The standard InChI is InChI=1S/C12H21N3O2/c1-12(2,3)10-8-9(11(16)17)13-15(10)7-6-14(4)5/h8H,6-7H2,1-5H3,(H,16,17). The van der Waals surface area contributed by atoms with Crippen molar-refractivity contribution in [1.82, 2.24) is 14.7 Å². The van der Waals surface area contributed by atoms with E-state index in [2.05, 4.69) is 30.8 Å². The molecule has 1 heterocycles. The van der Waals surface area contributed by atoms with Crippen LogP contribution in [0.15, 0.2) is 6.07 Å². The third kappa shape index (κ3) is 3.56. The van der Waals surface area contributed by atoms with Gasteiger partial charge in [-0.15, -0.1) is 0 Å². The first-order chi connectivity index (χ1) is 7.71. The van der Waals surface area contributed by atoms with Gasteiger partial charge in [-0.1, -0.05) is 20.8 Å². The van der Waals surface area contributed by atoms with Crippen LogP contribution in [0.4, 0.5) is 0 Å². The van der Waals surface area contributed by atoms with E-state index in [-0.39, 0.29) is 11.1 Å². The second-order valence-electron chi connectivity index (χ2n) is 5.50. The Morgan fingerprint density at radius 3 is 2.47 bits per heavy atom. The average molecular weight is 239 g/mol. The zero-order valence-electron chi connectivity index (χ0n) is 11.2. The predicted octanol–water partition coefficient (Wildman–Crippen LogP) is 1.44. The molecular weight excluding hydrogens is 218 g/mol. The fourth-order valence-electron chi connectivity index (χ4n) is 1.59. The van der Waals surface area contributed by atoms with Crippen LogP contribution < -0.4 is 0 Å². The first-order valence-corrected chi connectivity index (χ1v) is 5.68. The third-order valence-corrected chi connectivity index (χ3v) is 2.53. The fraction of sp³-hybridized carbons (Fsp3) is 0.667. The van der Waals surface area contributed by atoms with Crippen LogP contribution in [0.5, 0.6) is 0 Å². The van der Waals surface area contributed by atoms with E-state index >= 15 is 0 Å². The number of aromatic nitrogens is 2. The van der Waals surface area contributed by atoms with E-state index in [1.165, 1.54) is 0 Å². The molecule has 0 spiro atoms. The monoisotopic (exact) mass is 239 g/mol. The van der Waals surface area contributed by atoms with Crippen molar-refractivity contribution in [2.75, 3.05) is 20.6 Å². The Kier molecular flexibility index (Phi) is 3.93. The number of carbonyl (C=O) groups is 1. The van der Waals surface area contributed by atoms with E-state index in [0.717, 1.165) is 12.2 Å². The number of aromatic carboxylic acids is 1. The highest BCUT2D eigenvalue weighted by atomic mass is 16.4. The first kappa shape index (κ1) is 13.7. The lowest BCUT2D eigenvalue weighted by molar-refractivity contribution is 0.0689. The van der Waals surface area contributed by atoms with Gasteiger partial charge in [0, 0.05) is 17.7 Å². The summed E-state index contributed by atoms with van der Waals surface area (Å²) < 4.78 is 1.80. The molecule has 0 aliphatic rings. The van der Waals surface area contributed by atoms with Crippen LogP contribution in [0.25, 0.3) is 0 Å². The van der Waals surface area contributed by atoms with Crippen molar-refractivity contribution in [3.05, 3.63) is 17.5 Å². The lowest BCUT2D eigenvalue weighted by Crippen LogP contribution is -2.24. The molecule has 17 heavy (non-hydrogen) atoms. The molecule has 0 saturated heterocycles. The number of carboxylic acids is 1. The van der Waals surface area contributed by atoms with Crippen LogP contribution >= 0.6 is 0 Å². The molecule has 0 fully saturated rings. The molecule has 5 nitrogen and oxygen atoms in total. The zero-order chi connectivity index (χ0) is 13.2. The molecule has 0 bridgehead atoms. The van der Waals surface area contributed by atoms with Crippen LogP contribution in [0.1, 0.15) is 37.0 Å². The minimum absolute atomic E-state index is 0.104. The molecule has 0 amide bonds. The number of likely N-dealkylation sites (N-methyl/N-ethyl adjacent to an activating group) is 1. The van der Waals surface area contributed by atoms with E-state index in [1.54, 1.807) is 10.7 Å². The Hall–Kier alpha value is -1.36. The van der Waals surface area contributed by atoms with Gasteiger partial charge >= 0.3 is 5.97 Å². The van der Waals surface area contributed by atoms with Crippen molar-refractivity contribution < 1.29 is 9.90 Å². The number of carboxylic acid groups (broad SMARTS) is 1. The van der Waals surface area contributed by atoms with Gasteiger partial charge in [0.15, 0.2) is 5.69 Å². The summed E-state index contributed by atoms with van der Waals surface area (Å²) in [5, 5.41) is 13.1. The Labute approximate surface area is 102 Å². The Morgan fingerprint density at radius 1 is 1.47 bits per heavy atom. The highest BCUT2D eigenvalue weighted by Gasteiger charge is 2.22. The van der Waals surface area contributed by atoms with Gasteiger partial charge in [-0.05, 0) is 20.2 Å². The van der Waals surface area contributed by atoms with Crippen molar-refractivity contribution in [2.45, 2.75) is 32.7 Å². The number of hydrogen-bond acceptors (Lipinski definition) is 3. The highest BCUT2D eigenvalue weighted by Crippen LogP contribution is 2.23. The second-order valence-corrected chi connectivity index (χ2v) is 5.50. The maximum absolute atomic E-state index is 10.9. The topological polar surface area (TPSA) is 58.4 Å². The summed E-state index contributed by atoms with van der Waals surface area (Å²) in [6, 6.07) is 1.66. The Bertz CT molecular complexity index is 402. The fourth-order valence-corrected chi connectivity index (χ4v) is 1.59. The summed E-state index contributed by atoms with van der Waals surface area (Å²) in [5.74, 6) is -0.973. The zero-order valence-corrected chi connectivity index (χ0v) is 11.2. The van der Waals surface area contributed by atoms with E-state index in [9.17, 15) is 4.79 Å². The SMILES string of the molecule is CN(C)CCn1nc(C(=O)O)cc1C(C)(C)C. The minimum Gasteiger partial charge on any atom is -0.476 e. The molecule has 0 unspecified atom stereocenters. The molecule has 0 saturated carbocycles. The van der Waals surface area contributed by atoms with Gasteiger partial charge in [-0.2, -0.15) is 5.10 Å². The largest absolute Gasteiger partial charge is 0.476 e. The summed E-state index contributed by atoms with van der Waals surface area (Å²) >= 11 is 0. The molecule has 1 aromatic rings. The highest BCUT2D eigenvalue weighted by molar-refractivity contribution is 5.85.